The van der Waals surface area contributed by atoms with Crippen molar-refractivity contribution in [2.75, 3.05) is 23.9 Å². The molecule has 36 heavy (non-hydrogen) atoms. The number of carbonyl (C=O) groups is 4. The lowest BCUT2D eigenvalue weighted by molar-refractivity contribution is -0.151. The highest BCUT2D eigenvalue weighted by atomic mass is 35.5. The van der Waals surface area contributed by atoms with E-state index in [0.717, 1.165) is 19.3 Å². The third-order valence-corrected chi connectivity index (χ3v) is 6.38. The summed E-state index contributed by atoms with van der Waals surface area (Å²) in [4.78, 5) is 52.0. The van der Waals surface area contributed by atoms with Gasteiger partial charge in [-0.2, -0.15) is 0 Å². The number of esters is 2. The number of Topliss-reactive ketones (excluding diaryl/α,β-unsaturated/α-hetero) is 1. The molecule has 1 heterocycles. The Morgan fingerprint density at radius 3 is 2.33 bits per heavy atom. The number of hydrogen-bond donors (Lipinski definition) is 0. The number of nitrogens with zero attached hydrogens (tertiary/aromatic N) is 1. The molecular weight excluding hydrogens is 505 g/mol. The molecule has 192 valence electrons. The van der Waals surface area contributed by atoms with Gasteiger partial charge in [-0.3, -0.25) is 14.4 Å². The lowest BCUT2D eigenvalue weighted by atomic mass is 10.0. The minimum Gasteiger partial charge on any atom is -0.462 e. The van der Waals surface area contributed by atoms with E-state index < -0.39 is 24.0 Å². The maximum absolute atomic E-state index is 12.9. The third-order valence-electron chi connectivity index (χ3n) is 5.90. The number of halogens is 2. The number of rotatable bonds is 12. The summed E-state index contributed by atoms with van der Waals surface area (Å²) in [6.45, 7) is 2.55. The van der Waals surface area contributed by atoms with Crippen LogP contribution in [-0.4, -0.2) is 48.8 Å². The van der Waals surface area contributed by atoms with E-state index >= 15 is 0 Å². The van der Waals surface area contributed by atoms with Crippen molar-refractivity contribution in [1.29, 1.82) is 0 Å². The van der Waals surface area contributed by atoms with Gasteiger partial charge in [-0.05, 0) is 55.0 Å². The van der Waals surface area contributed by atoms with Crippen molar-refractivity contribution in [1.82, 2.24) is 0 Å². The molecule has 0 N–H and O–H groups in total. The van der Waals surface area contributed by atoms with E-state index in [1.54, 1.807) is 48.5 Å². The van der Waals surface area contributed by atoms with E-state index in [1.165, 1.54) is 4.90 Å². The van der Waals surface area contributed by atoms with Crippen LogP contribution in [0.3, 0.4) is 0 Å². The SMILES string of the molecule is CCCCCOC(=O)c1ccc(N2C[C@H](C(=O)O[C@H](CCCl)C(=O)c3ccc(Cl)cc3)CC2=O)cc1. The number of anilines is 1. The van der Waals surface area contributed by atoms with Crippen LogP contribution < -0.4 is 4.90 Å². The molecule has 3 rings (SSSR count). The molecule has 1 aliphatic heterocycles. The predicted octanol–water partition coefficient (Wildman–Crippen LogP) is 5.46. The summed E-state index contributed by atoms with van der Waals surface area (Å²) in [6, 6.07) is 12.8. The summed E-state index contributed by atoms with van der Waals surface area (Å²) in [7, 11) is 0. The standard InChI is InChI=1S/C27H29Cl2NO6/c1-2-3-4-15-35-26(33)19-7-11-22(12-8-19)30-17-20(16-24(30)31)27(34)36-23(13-14-28)25(32)18-5-9-21(29)10-6-18/h5-12,20,23H,2-4,13-17H2,1H3/t20-,23-/m1/s1. The number of ether oxygens (including phenoxy) is 2. The summed E-state index contributed by atoms with van der Waals surface area (Å²) in [5.41, 5.74) is 1.31. The van der Waals surface area contributed by atoms with Gasteiger partial charge >= 0.3 is 11.9 Å². The minimum absolute atomic E-state index is 0.0389. The zero-order valence-electron chi connectivity index (χ0n) is 20.1. The molecule has 0 saturated carbocycles. The van der Waals surface area contributed by atoms with Crippen molar-refractivity contribution in [3.8, 4) is 0 Å². The van der Waals surface area contributed by atoms with E-state index in [4.69, 9.17) is 32.7 Å². The Balaban J connectivity index is 1.60. The lowest BCUT2D eigenvalue weighted by Gasteiger charge is -2.19. The zero-order chi connectivity index (χ0) is 26.1. The van der Waals surface area contributed by atoms with Gasteiger partial charge in [-0.25, -0.2) is 4.79 Å². The largest absolute Gasteiger partial charge is 0.462 e. The molecule has 0 radical (unpaired) electrons. The number of carbonyl (C=O) groups excluding carboxylic acids is 4. The predicted molar refractivity (Wildman–Crippen MR) is 138 cm³/mol. The second-order valence-electron chi connectivity index (χ2n) is 8.57. The molecule has 1 fully saturated rings. The Bertz CT molecular complexity index is 1070. The highest BCUT2D eigenvalue weighted by Crippen LogP contribution is 2.27. The average molecular weight is 534 g/mol. The molecule has 7 nitrogen and oxygen atoms in total. The number of hydrogen-bond acceptors (Lipinski definition) is 6. The van der Waals surface area contributed by atoms with Crippen molar-refractivity contribution in [2.24, 2.45) is 5.92 Å². The van der Waals surface area contributed by atoms with E-state index in [2.05, 4.69) is 6.92 Å². The number of amides is 1. The van der Waals surface area contributed by atoms with Crippen LogP contribution in [0.15, 0.2) is 48.5 Å². The molecule has 0 spiro atoms. The number of alkyl halides is 1. The molecule has 1 aliphatic rings. The molecular formula is C27H29Cl2NO6. The van der Waals surface area contributed by atoms with Crippen molar-refractivity contribution in [3.63, 3.8) is 0 Å². The molecule has 2 atom stereocenters. The Morgan fingerprint density at radius 2 is 1.69 bits per heavy atom. The molecule has 0 unspecified atom stereocenters. The summed E-state index contributed by atoms with van der Waals surface area (Å²) >= 11 is 11.7. The van der Waals surface area contributed by atoms with E-state index in [0.29, 0.717) is 28.4 Å². The van der Waals surface area contributed by atoms with Gasteiger partial charge in [0.1, 0.15) is 0 Å². The molecule has 2 aromatic carbocycles. The molecule has 1 saturated heterocycles. The molecule has 0 bridgehead atoms. The summed E-state index contributed by atoms with van der Waals surface area (Å²) in [5, 5.41) is 0.485. The maximum atomic E-state index is 12.9. The zero-order valence-corrected chi connectivity index (χ0v) is 21.6. The topological polar surface area (TPSA) is 90.0 Å². The van der Waals surface area contributed by atoms with Gasteiger partial charge in [0.05, 0.1) is 18.1 Å². The van der Waals surface area contributed by atoms with Crippen LogP contribution in [0.4, 0.5) is 5.69 Å². The molecule has 1 amide bonds. The smallest absolute Gasteiger partial charge is 0.338 e. The first-order valence-corrected chi connectivity index (χ1v) is 12.9. The fourth-order valence-electron chi connectivity index (χ4n) is 3.87. The number of benzene rings is 2. The van der Waals surface area contributed by atoms with Crippen LogP contribution in [0.2, 0.25) is 5.02 Å². The Morgan fingerprint density at radius 1 is 1.03 bits per heavy atom. The van der Waals surface area contributed by atoms with Crippen LogP contribution in [0.25, 0.3) is 0 Å². The Kier molecular flexibility index (Phi) is 10.3. The second-order valence-corrected chi connectivity index (χ2v) is 9.38. The van der Waals surface area contributed by atoms with Crippen molar-refractivity contribution in [3.05, 3.63) is 64.7 Å². The molecule has 2 aromatic rings. The third kappa shape index (κ3) is 7.31. The first kappa shape index (κ1) is 27.7. The van der Waals surface area contributed by atoms with Crippen LogP contribution in [-0.2, 0) is 19.1 Å². The monoisotopic (exact) mass is 533 g/mol. The molecule has 0 aliphatic carbocycles. The van der Waals surface area contributed by atoms with Crippen LogP contribution in [0.5, 0.6) is 0 Å². The van der Waals surface area contributed by atoms with Crippen LogP contribution in [0, 0.1) is 5.92 Å². The van der Waals surface area contributed by atoms with E-state index in [9.17, 15) is 19.2 Å². The first-order chi connectivity index (χ1) is 17.3. The fourth-order valence-corrected chi connectivity index (χ4v) is 4.20. The number of unbranched alkanes of at least 4 members (excludes halogenated alkanes) is 2. The van der Waals surface area contributed by atoms with Gasteiger partial charge in [0.2, 0.25) is 11.7 Å². The van der Waals surface area contributed by atoms with Crippen LogP contribution in [0.1, 0.15) is 59.7 Å². The normalized spacial score (nSPS) is 16.0. The summed E-state index contributed by atoms with van der Waals surface area (Å²) < 4.78 is 10.8. The van der Waals surface area contributed by atoms with Gasteiger partial charge in [0.15, 0.2) is 6.10 Å². The van der Waals surface area contributed by atoms with Gasteiger partial charge in [0, 0.05) is 41.5 Å². The maximum Gasteiger partial charge on any atom is 0.338 e. The van der Waals surface area contributed by atoms with E-state index in [1.807, 2.05) is 0 Å². The molecule has 9 heteroatoms. The van der Waals surface area contributed by atoms with Gasteiger partial charge in [0.25, 0.3) is 0 Å². The Labute approximate surface area is 220 Å². The van der Waals surface area contributed by atoms with E-state index in [-0.39, 0.29) is 37.0 Å². The first-order valence-electron chi connectivity index (χ1n) is 12.0. The second kappa shape index (κ2) is 13.4. The average Bonchev–Trinajstić information content (AvgIpc) is 3.28. The molecule has 0 aromatic heterocycles. The van der Waals surface area contributed by atoms with Crippen molar-refractivity contribution in [2.45, 2.75) is 45.1 Å². The van der Waals surface area contributed by atoms with Crippen molar-refractivity contribution < 1.29 is 28.7 Å². The van der Waals surface area contributed by atoms with Gasteiger partial charge in [-0.1, -0.05) is 31.4 Å². The summed E-state index contributed by atoms with van der Waals surface area (Å²) in [6.07, 6.45) is 1.91. The van der Waals surface area contributed by atoms with Gasteiger partial charge in [-0.15, -0.1) is 11.6 Å². The fraction of sp³-hybridized carbons (Fsp3) is 0.407. The summed E-state index contributed by atoms with van der Waals surface area (Å²) in [5.74, 6) is -2.26. The highest BCUT2D eigenvalue weighted by Gasteiger charge is 2.38. The van der Waals surface area contributed by atoms with Gasteiger partial charge < -0.3 is 14.4 Å². The number of ketones is 1. The lowest BCUT2D eigenvalue weighted by Crippen LogP contribution is -2.32. The van der Waals surface area contributed by atoms with Crippen molar-refractivity contribution >= 4 is 52.5 Å². The highest BCUT2D eigenvalue weighted by molar-refractivity contribution is 6.30. The quantitative estimate of drug-likeness (QED) is 0.155. The minimum atomic E-state index is -1.05. The van der Waals surface area contributed by atoms with Crippen LogP contribution >= 0.6 is 23.2 Å². The Hall–Kier alpha value is -2.90.